The molecule has 22 heavy (non-hydrogen) atoms. The van der Waals surface area contributed by atoms with Gasteiger partial charge >= 0.3 is 0 Å². The SMILES string of the molecule is CCC(NC(=O)CCc1ccccc1N)c1ccc(Cl)cc1. The van der Waals surface area contributed by atoms with E-state index in [1.54, 1.807) is 0 Å². The van der Waals surface area contributed by atoms with Crippen LogP contribution in [0.1, 0.15) is 36.9 Å². The van der Waals surface area contributed by atoms with Crippen molar-refractivity contribution >= 4 is 23.2 Å². The summed E-state index contributed by atoms with van der Waals surface area (Å²) in [4.78, 5) is 12.2. The number of nitrogens with two attached hydrogens (primary N) is 1. The Labute approximate surface area is 136 Å². The van der Waals surface area contributed by atoms with Gasteiger partial charge < -0.3 is 11.1 Å². The van der Waals surface area contributed by atoms with E-state index < -0.39 is 0 Å². The second kappa shape index (κ2) is 7.85. The molecule has 0 heterocycles. The minimum atomic E-state index is 0.0119. The van der Waals surface area contributed by atoms with Crippen molar-refractivity contribution in [3.05, 3.63) is 64.7 Å². The second-order valence-corrected chi connectivity index (χ2v) is 5.72. The molecule has 1 atom stereocenters. The van der Waals surface area contributed by atoms with Crippen molar-refractivity contribution in [2.24, 2.45) is 0 Å². The third kappa shape index (κ3) is 4.50. The molecule has 116 valence electrons. The molecule has 0 saturated carbocycles. The van der Waals surface area contributed by atoms with Gasteiger partial charge in [-0.05, 0) is 42.2 Å². The third-order valence-electron chi connectivity index (χ3n) is 3.69. The summed E-state index contributed by atoms with van der Waals surface area (Å²) < 4.78 is 0. The molecular formula is C18H21ClN2O. The molecule has 0 saturated heterocycles. The topological polar surface area (TPSA) is 55.1 Å². The van der Waals surface area contributed by atoms with Gasteiger partial charge in [0.1, 0.15) is 0 Å². The van der Waals surface area contributed by atoms with Gasteiger partial charge in [-0.1, -0.05) is 48.9 Å². The number of halogens is 1. The minimum Gasteiger partial charge on any atom is -0.399 e. The van der Waals surface area contributed by atoms with Gasteiger partial charge in [-0.2, -0.15) is 0 Å². The van der Waals surface area contributed by atoms with Gasteiger partial charge in [0.05, 0.1) is 6.04 Å². The fourth-order valence-electron chi connectivity index (χ4n) is 2.39. The Bertz CT molecular complexity index is 625. The zero-order valence-electron chi connectivity index (χ0n) is 12.7. The van der Waals surface area contributed by atoms with E-state index in [0.717, 1.165) is 23.2 Å². The summed E-state index contributed by atoms with van der Waals surface area (Å²) >= 11 is 5.90. The van der Waals surface area contributed by atoms with E-state index in [9.17, 15) is 4.79 Å². The highest BCUT2D eigenvalue weighted by molar-refractivity contribution is 6.30. The van der Waals surface area contributed by atoms with E-state index in [1.807, 2.05) is 48.5 Å². The fourth-order valence-corrected chi connectivity index (χ4v) is 2.52. The van der Waals surface area contributed by atoms with Crippen LogP contribution in [-0.2, 0) is 11.2 Å². The Kier molecular flexibility index (Phi) is 5.84. The number of hydrogen-bond acceptors (Lipinski definition) is 2. The molecule has 1 amide bonds. The van der Waals surface area contributed by atoms with Crippen molar-refractivity contribution < 1.29 is 4.79 Å². The Morgan fingerprint density at radius 2 is 1.86 bits per heavy atom. The van der Waals surface area contributed by atoms with Crippen LogP contribution in [0, 0.1) is 0 Å². The van der Waals surface area contributed by atoms with E-state index >= 15 is 0 Å². The molecule has 3 nitrogen and oxygen atoms in total. The van der Waals surface area contributed by atoms with Gasteiger partial charge in [-0.15, -0.1) is 0 Å². The molecule has 0 spiro atoms. The molecule has 0 aliphatic carbocycles. The molecule has 0 bridgehead atoms. The second-order valence-electron chi connectivity index (χ2n) is 5.28. The maximum absolute atomic E-state index is 12.2. The maximum Gasteiger partial charge on any atom is 0.220 e. The number of amides is 1. The van der Waals surface area contributed by atoms with Gasteiger partial charge in [0.15, 0.2) is 0 Å². The lowest BCUT2D eigenvalue weighted by Crippen LogP contribution is -2.28. The standard InChI is InChI=1S/C18H21ClN2O/c1-2-17(14-7-10-15(19)11-8-14)21-18(22)12-9-13-5-3-4-6-16(13)20/h3-8,10-11,17H,2,9,12,20H2,1H3,(H,21,22). The summed E-state index contributed by atoms with van der Waals surface area (Å²) in [5, 5.41) is 3.77. The van der Waals surface area contributed by atoms with Gasteiger partial charge in [-0.25, -0.2) is 0 Å². The summed E-state index contributed by atoms with van der Waals surface area (Å²) in [5.41, 5.74) is 8.71. The number of nitrogens with one attached hydrogen (secondary N) is 1. The van der Waals surface area contributed by atoms with Crippen LogP contribution in [0.4, 0.5) is 5.69 Å². The largest absolute Gasteiger partial charge is 0.399 e. The molecule has 0 aromatic heterocycles. The summed E-state index contributed by atoms with van der Waals surface area (Å²) in [7, 11) is 0. The van der Waals surface area contributed by atoms with Crippen molar-refractivity contribution in [2.45, 2.75) is 32.2 Å². The Morgan fingerprint density at radius 3 is 2.50 bits per heavy atom. The van der Waals surface area contributed by atoms with Crippen molar-refractivity contribution in [3.63, 3.8) is 0 Å². The smallest absolute Gasteiger partial charge is 0.220 e. The maximum atomic E-state index is 12.2. The molecule has 4 heteroatoms. The molecule has 2 aromatic carbocycles. The van der Waals surface area contributed by atoms with E-state index in [-0.39, 0.29) is 11.9 Å². The number of hydrogen-bond donors (Lipinski definition) is 2. The predicted molar refractivity (Wildman–Crippen MR) is 91.8 cm³/mol. The van der Waals surface area contributed by atoms with Crippen molar-refractivity contribution in [1.82, 2.24) is 5.32 Å². The summed E-state index contributed by atoms with van der Waals surface area (Å²) in [6.07, 6.45) is 1.91. The Hall–Kier alpha value is -2.00. The summed E-state index contributed by atoms with van der Waals surface area (Å²) in [6, 6.07) is 15.2. The number of carbonyl (C=O) groups excluding carboxylic acids is 1. The molecule has 3 N–H and O–H groups in total. The highest BCUT2D eigenvalue weighted by Gasteiger charge is 2.13. The average molecular weight is 317 g/mol. The lowest BCUT2D eigenvalue weighted by molar-refractivity contribution is -0.121. The van der Waals surface area contributed by atoms with Crippen LogP contribution in [0.25, 0.3) is 0 Å². The quantitative estimate of drug-likeness (QED) is 0.787. The number of nitrogen functional groups attached to an aromatic ring is 1. The van der Waals surface area contributed by atoms with Crippen LogP contribution in [-0.4, -0.2) is 5.91 Å². The number of aryl methyl sites for hydroxylation is 1. The first-order valence-electron chi connectivity index (χ1n) is 7.48. The van der Waals surface area contributed by atoms with E-state index in [2.05, 4.69) is 12.2 Å². The minimum absolute atomic E-state index is 0.0119. The van der Waals surface area contributed by atoms with Crippen LogP contribution in [0.15, 0.2) is 48.5 Å². The molecule has 2 aromatic rings. The summed E-state index contributed by atoms with van der Waals surface area (Å²) in [6.45, 7) is 2.05. The van der Waals surface area contributed by atoms with Crippen LogP contribution in [0.5, 0.6) is 0 Å². The third-order valence-corrected chi connectivity index (χ3v) is 3.94. The molecule has 1 unspecified atom stereocenters. The highest BCUT2D eigenvalue weighted by atomic mass is 35.5. The lowest BCUT2D eigenvalue weighted by atomic mass is 10.0. The molecular weight excluding hydrogens is 296 g/mol. The van der Waals surface area contributed by atoms with Gasteiger partial charge in [0.25, 0.3) is 0 Å². The monoisotopic (exact) mass is 316 g/mol. The lowest BCUT2D eigenvalue weighted by Gasteiger charge is -2.17. The molecule has 0 fully saturated rings. The van der Waals surface area contributed by atoms with Crippen LogP contribution in [0.3, 0.4) is 0 Å². The normalized spacial score (nSPS) is 11.9. The first-order valence-corrected chi connectivity index (χ1v) is 7.86. The molecule has 0 aliphatic rings. The number of carbonyl (C=O) groups is 1. The van der Waals surface area contributed by atoms with Crippen LogP contribution in [0.2, 0.25) is 5.02 Å². The fraction of sp³-hybridized carbons (Fsp3) is 0.278. The van der Waals surface area contributed by atoms with Crippen molar-refractivity contribution in [1.29, 1.82) is 0 Å². The van der Waals surface area contributed by atoms with Gasteiger partial charge in [0.2, 0.25) is 5.91 Å². The van der Waals surface area contributed by atoms with Crippen LogP contribution < -0.4 is 11.1 Å². The van der Waals surface area contributed by atoms with Crippen molar-refractivity contribution in [2.75, 3.05) is 5.73 Å². The zero-order chi connectivity index (χ0) is 15.9. The molecule has 0 radical (unpaired) electrons. The Morgan fingerprint density at radius 1 is 1.18 bits per heavy atom. The number of para-hydroxylation sites is 1. The number of rotatable bonds is 6. The van der Waals surface area contributed by atoms with Crippen molar-refractivity contribution in [3.8, 4) is 0 Å². The van der Waals surface area contributed by atoms with E-state index in [0.29, 0.717) is 17.9 Å². The number of anilines is 1. The zero-order valence-corrected chi connectivity index (χ0v) is 13.4. The van der Waals surface area contributed by atoms with Crippen LogP contribution >= 0.6 is 11.6 Å². The molecule has 2 rings (SSSR count). The van der Waals surface area contributed by atoms with E-state index in [1.165, 1.54) is 0 Å². The first-order chi connectivity index (χ1) is 10.6. The van der Waals surface area contributed by atoms with E-state index in [4.69, 9.17) is 17.3 Å². The van der Waals surface area contributed by atoms with Gasteiger partial charge in [0, 0.05) is 17.1 Å². The average Bonchev–Trinajstić information content (AvgIpc) is 2.53. The summed E-state index contributed by atoms with van der Waals surface area (Å²) in [5.74, 6) is 0.0325. The van der Waals surface area contributed by atoms with Gasteiger partial charge in [-0.3, -0.25) is 4.79 Å². The first kappa shape index (κ1) is 16.4. The highest BCUT2D eigenvalue weighted by Crippen LogP contribution is 2.19. The number of benzene rings is 2. The molecule has 0 aliphatic heterocycles. The predicted octanol–water partition coefficient (Wildman–Crippen LogP) is 4.12. The Balaban J connectivity index is 1.92.